The number of hydrogen-bond donors (Lipinski definition) is 0. The number of imidazole rings is 1. The minimum Gasteiger partial charge on any atom is -0.321 e. The van der Waals surface area contributed by atoms with E-state index in [-0.39, 0.29) is 17.6 Å². The lowest BCUT2D eigenvalue weighted by Gasteiger charge is -2.15. The summed E-state index contributed by atoms with van der Waals surface area (Å²) in [5, 5.41) is 0. The van der Waals surface area contributed by atoms with E-state index in [9.17, 15) is 9.18 Å². The van der Waals surface area contributed by atoms with Gasteiger partial charge in [-0.2, -0.15) is 0 Å². The number of rotatable bonds is 3. The fourth-order valence-electron chi connectivity index (χ4n) is 1.79. The normalized spacial score (nSPS) is 12.4. The maximum Gasteiger partial charge on any atom is 0.177 e. The third-order valence-corrected chi connectivity index (χ3v) is 2.80. The molecule has 0 N–H and O–H groups in total. The van der Waals surface area contributed by atoms with E-state index >= 15 is 0 Å². The number of benzene rings is 1. The Labute approximate surface area is 98.9 Å². The number of Topliss-reactive ketones (excluding diaryl/α,β-unsaturated/α-hetero) is 1. The summed E-state index contributed by atoms with van der Waals surface area (Å²) in [5.74, 6) is -0.296. The SMILES string of the molecule is CC(=O)c1cncn1C(C)c1ccc(F)cc1. The number of carbonyl (C=O) groups excluding carboxylic acids is 1. The van der Waals surface area contributed by atoms with Crippen LogP contribution in [0, 0.1) is 5.82 Å². The standard InChI is InChI=1S/C13H13FN2O/c1-9(11-3-5-12(14)6-4-11)16-8-15-7-13(16)10(2)17/h3-9H,1-2H3. The van der Waals surface area contributed by atoms with Gasteiger partial charge in [0.1, 0.15) is 11.5 Å². The van der Waals surface area contributed by atoms with Gasteiger partial charge in [0.2, 0.25) is 0 Å². The second-order valence-electron chi connectivity index (χ2n) is 3.97. The Balaban J connectivity index is 2.36. The van der Waals surface area contributed by atoms with Gasteiger partial charge in [-0.25, -0.2) is 9.37 Å². The molecule has 0 spiro atoms. The molecule has 88 valence electrons. The molecule has 0 bridgehead atoms. The Hall–Kier alpha value is -1.97. The predicted octanol–water partition coefficient (Wildman–Crippen LogP) is 2.83. The van der Waals surface area contributed by atoms with Gasteiger partial charge in [-0.15, -0.1) is 0 Å². The molecule has 1 aromatic heterocycles. The van der Waals surface area contributed by atoms with Crippen molar-refractivity contribution >= 4 is 5.78 Å². The smallest absolute Gasteiger partial charge is 0.177 e. The van der Waals surface area contributed by atoms with E-state index in [1.165, 1.54) is 19.1 Å². The van der Waals surface area contributed by atoms with E-state index < -0.39 is 0 Å². The first-order valence-electron chi connectivity index (χ1n) is 5.38. The lowest BCUT2D eigenvalue weighted by atomic mass is 10.1. The molecule has 1 unspecified atom stereocenters. The van der Waals surface area contributed by atoms with Gasteiger partial charge >= 0.3 is 0 Å². The number of carbonyl (C=O) groups is 1. The summed E-state index contributed by atoms with van der Waals surface area (Å²) in [5.41, 5.74) is 1.49. The fourth-order valence-corrected chi connectivity index (χ4v) is 1.79. The van der Waals surface area contributed by atoms with Crippen molar-refractivity contribution in [3.05, 3.63) is 53.9 Å². The van der Waals surface area contributed by atoms with Crippen LogP contribution >= 0.6 is 0 Å². The average molecular weight is 232 g/mol. The number of halogens is 1. The Morgan fingerprint density at radius 2 is 2.00 bits per heavy atom. The average Bonchev–Trinajstić information content (AvgIpc) is 2.78. The van der Waals surface area contributed by atoms with E-state index in [4.69, 9.17) is 0 Å². The first-order chi connectivity index (χ1) is 8.09. The summed E-state index contributed by atoms with van der Waals surface area (Å²) < 4.78 is 14.6. The zero-order valence-corrected chi connectivity index (χ0v) is 9.72. The highest BCUT2D eigenvalue weighted by atomic mass is 19.1. The molecule has 0 aliphatic carbocycles. The Kier molecular flexibility index (Phi) is 3.04. The Morgan fingerprint density at radius 1 is 1.35 bits per heavy atom. The van der Waals surface area contributed by atoms with Crippen molar-refractivity contribution < 1.29 is 9.18 Å². The largest absolute Gasteiger partial charge is 0.321 e. The Morgan fingerprint density at radius 3 is 2.59 bits per heavy atom. The van der Waals surface area contributed by atoms with Crippen LogP contribution in [-0.2, 0) is 0 Å². The molecule has 1 heterocycles. The third kappa shape index (κ3) is 2.25. The van der Waals surface area contributed by atoms with Gasteiger partial charge in [-0.1, -0.05) is 12.1 Å². The summed E-state index contributed by atoms with van der Waals surface area (Å²) in [4.78, 5) is 15.4. The second-order valence-corrected chi connectivity index (χ2v) is 3.97. The molecule has 0 radical (unpaired) electrons. The van der Waals surface area contributed by atoms with Crippen molar-refractivity contribution in [3.63, 3.8) is 0 Å². The predicted molar refractivity (Wildman–Crippen MR) is 62.4 cm³/mol. The molecule has 0 amide bonds. The van der Waals surface area contributed by atoms with Crippen LogP contribution < -0.4 is 0 Å². The minimum absolute atomic E-state index is 0.0311. The quantitative estimate of drug-likeness (QED) is 0.763. The van der Waals surface area contributed by atoms with Crippen LogP contribution in [0.4, 0.5) is 4.39 Å². The van der Waals surface area contributed by atoms with Gasteiger partial charge in [0.15, 0.2) is 5.78 Å². The molecule has 0 saturated heterocycles. The van der Waals surface area contributed by atoms with E-state index in [0.29, 0.717) is 5.69 Å². The molecule has 1 aromatic carbocycles. The van der Waals surface area contributed by atoms with Gasteiger partial charge < -0.3 is 4.57 Å². The van der Waals surface area contributed by atoms with Crippen LogP contribution in [0.5, 0.6) is 0 Å². The zero-order chi connectivity index (χ0) is 12.4. The van der Waals surface area contributed by atoms with Crippen LogP contribution in [0.25, 0.3) is 0 Å². The highest BCUT2D eigenvalue weighted by Gasteiger charge is 2.14. The van der Waals surface area contributed by atoms with Crippen molar-refractivity contribution in [2.24, 2.45) is 0 Å². The molecule has 4 heteroatoms. The maximum atomic E-state index is 12.8. The molecule has 3 nitrogen and oxygen atoms in total. The maximum absolute atomic E-state index is 12.8. The first-order valence-corrected chi connectivity index (χ1v) is 5.38. The minimum atomic E-state index is -0.265. The van der Waals surface area contributed by atoms with E-state index in [0.717, 1.165) is 5.56 Å². The third-order valence-electron chi connectivity index (χ3n) is 2.80. The molecule has 1 atom stereocenters. The van der Waals surface area contributed by atoms with Crippen molar-refractivity contribution in [1.29, 1.82) is 0 Å². The molecular formula is C13H13FN2O. The molecule has 0 fully saturated rings. The molecule has 2 aromatic rings. The number of aromatic nitrogens is 2. The van der Waals surface area contributed by atoms with Gasteiger partial charge in [-0.05, 0) is 24.6 Å². The molecule has 0 aliphatic rings. The van der Waals surface area contributed by atoms with E-state index in [1.807, 2.05) is 6.92 Å². The lowest BCUT2D eigenvalue weighted by Crippen LogP contribution is -2.11. The molecule has 17 heavy (non-hydrogen) atoms. The van der Waals surface area contributed by atoms with Gasteiger partial charge in [0.05, 0.1) is 18.6 Å². The van der Waals surface area contributed by atoms with Crippen LogP contribution in [-0.4, -0.2) is 15.3 Å². The summed E-state index contributed by atoms with van der Waals surface area (Å²) in [6, 6.07) is 6.21. The van der Waals surface area contributed by atoms with Crippen molar-refractivity contribution in [2.45, 2.75) is 19.9 Å². The van der Waals surface area contributed by atoms with Crippen LogP contribution in [0.1, 0.15) is 35.9 Å². The van der Waals surface area contributed by atoms with Crippen LogP contribution in [0.2, 0.25) is 0 Å². The summed E-state index contributed by atoms with van der Waals surface area (Å²) in [6.07, 6.45) is 3.16. The van der Waals surface area contributed by atoms with Crippen molar-refractivity contribution in [1.82, 2.24) is 9.55 Å². The lowest BCUT2D eigenvalue weighted by molar-refractivity contribution is 0.100. The topological polar surface area (TPSA) is 34.9 Å². The van der Waals surface area contributed by atoms with Crippen molar-refractivity contribution in [3.8, 4) is 0 Å². The second kappa shape index (κ2) is 4.49. The summed E-state index contributed by atoms with van der Waals surface area (Å²) in [7, 11) is 0. The van der Waals surface area contributed by atoms with Crippen LogP contribution in [0.15, 0.2) is 36.8 Å². The molecular weight excluding hydrogens is 219 g/mol. The van der Waals surface area contributed by atoms with Crippen LogP contribution in [0.3, 0.4) is 0 Å². The summed E-state index contributed by atoms with van der Waals surface area (Å²) in [6.45, 7) is 3.45. The highest BCUT2D eigenvalue weighted by Crippen LogP contribution is 2.20. The molecule has 2 rings (SSSR count). The Bertz CT molecular complexity index is 531. The van der Waals surface area contributed by atoms with Gasteiger partial charge in [0, 0.05) is 6.92 Å². The molecule has 0 saturated carbocycles. The van der Waals surface area contributed by atoms with Gasteiger partial charge in [0.25, 0.3) is 0 Å². The van der Waals surface area contributed by atoms with E-state index in [1.54, 1.807) is 29.2 Å². The number of nitrogens with zero attached hydrogens (tertiary/aromatic N) is 2. The fraction of sp³-hybridized carbons (Fsp3) is 0.231. The van der Waals surface area contributed by atoms with E-state index in [2.05, 4.69) is 4.98 Å². The number of ketones is 1. The number of hydrogen-bond acceptors (Lipinski definition) is 2. The first kappa shape index (κ1) is 11.5. The summed E-state index contributed by atoms with van der Waals surface area (Å²) >= 11 is 0. The highest BCUT2D eigenvalue weighted by molar-refractivity contribution is 5.92. The van der Waals surface area contributed by atoms with Gasteiger partial charge in [-0.3, -0.25) is 4.79 Å². The van der Waals surface area contributed by atoms with Crippen molar-refractivity contribution in [2.75, 3.05) is 0 Å². The monoisotopic (exact) mass is 232 g/mol. The molecule has 0 aliphatic heterocycles. The zero-order valence-electron chi connectivity index (χ0n) is 9.72.